The Morgan fingerprint density at radius 3 is 2.65 bits per heavy atom. The maximum Gasteiger partial charge on any atom is 0.243 e. The molecule has 0 aliphatic carbocycles. The van der Waals surface area contributed by atoms with Crippen LogP contribution in [-0.2, 0) is 4.79 Å². The molecule has 2 aromatic rings. The highest BCUT2D eigenvalue weighted by molar-refractivity contribution is 6.31. The summed E-state index contributed by atoms with van der Waals surface area (Å²) >= 11 is 5.95. The molecule has 0 aliphatic rings. The van der Waals surface area contributed by atoms with Crippen molar-refractivity contribution in [3.63, 3.8) is 0 Å². The number of carbonyl (C=O) groups excluding carboxylic acids is 1. The molecule has 2 rings (SSSR count). The molecule has 122 valence electrons. The lowest BCUT2D eigenvalue weighted by Gasteiger charge is -2.13. The van der Waals surface area contributed by atoms with E-state index in [1.807, 2.05) is 31.2 Å². The summed E-state index contributed by atoms with van der Waals surface area (Å²) in [5, 5.41) is 6.36. The smallest absolute Gasteiger partial charge is 0.243 e. The van der Waals surface area contributed by atoms with E-state index in [9.17, 15) is 4.79 Å². The summed E-state index contributed by atoms with van der Waals surface area (Å²) in [6, 6.07) is 12.5. The number of ether oxygens (including phenoxy) is 2. The van der Waals surface area contributed by atoms with Gasteiger partial charge < -0.3 is 20.1 Å². The van der Waals surface area contributed by atoms with Gasteiger partial charge in [-0.15, -0.1) is 0 Å². The molecule has 0 spiro atoms. The van der Waals surface area contributed by atoms with Gasteiger partial charge in [-0.3, -0.25) is 4.79 Å². The van der Waals surface area contributed by atoms with Gasteiger partial charge in [0.15, 0.2) is 0 Å². The molecule has 0 heterocycles. The van der Waals surface area contributed by atoms with Crippen LogP contribution in [0.3, 0.4) is 0 Å². The lowest BCUT2D eigenvalue weighted by atomic mass is 10.2. The Bertz CT molecular complexity index is 677. The molecule has 0 aromatic heterocycles. The third kappa shape index (κ3) is 4.79. The number of anilines is 2. The minimum Gasteiger partial charge on any atom is -0.495 e. The molecule has 2 N–H and O–H groups in total. The minimum absolute atomic E-state index is 0.0970. The van der Waals surface area contributed by atoms with Gasteiger partial charge in [0.05, 0.1) is 31.6 Å². The average Bonchev–Trinajstić information content (AvgIpc) is 2.54. The van der Waals surface area contributed by atoms with E-state index in [0.29, 0.717) is 28.8 Å². The normalized spacial score (nSPS) is 10.0. The summed E-state index contributed by atoms with van der Waals surface area (Å²) in [4.78, 5) is 12.1. The first kappa shape index (κ1) is 17.0. The van der Waals surface area contributed by atoms with E-state index in [1.54, 1.807) is 18.2 Å². The number of methoxy groups -OCH3 is 1. The Labute approximate surface area is 140 Å². The average molecular weight is 335 g/mol. The summed E-state index contributed by atoms with van der Waals surface area (Å²) in [6.45, 7) is 2.57. The molecule has 0 bridgehead atoms. The van der Waals surface area contributed by atoms with Gasteiger partial charge in [-0.2, -0.15) is 0 Å². The second-order valence-electron chi connectivity index (χ2n) is 4.68. The van der Waals surface area contributed by atoms with Gasteiger partial charge >= 0.3 is 0 Å². The summed E-state index contributed by atoms with van der Waals surface area (Å²) in [7, 11) is 1.54. The van der Waals surface area contributed by atoms with Crippen LogP contribution in [-0.4, -0.2) is 26.2 Å². The summed E-state index contributed by atoms with van der Waals surface area (Å²) in [5.41, 5.74) is 1.30. The molecule has 5 nitrogen and oxygen atoms in total. The third-order valence-electron chi connectivity index (χ3n) is 3.06. The van der Waals surface area contributed by atoms with E-state index >= 15 is 0 Å². The van der Waals surface area contributed by atoms with Gasteiger partial charge in [0.25, 0.3) is 0 Å². The molecule has 2 aromatic carbocycles. The Hall–Kier alpha value is -2.40. The van der Waals surface area contributed by atoms with Gasteiger partial charge in [-0.1, -0.05) is 23.7 Å². The molecule has 0 atom stereocenters. The molecule has 0 saturated heterocycles. The Morgan fingerprint density at radius 1 is 1.13 bits per heavy atom. The number of amides is 1. The minimum atomic E-state index is -0.211. The van der Waals surface area contributed by atoms with Gasteiger partial charge in [-0.25, -0.2) is 0 Å². The highest BCUT2D eigenvalue weighted by atomic mass is 35.5. The summed E-state index contributed by atoms with van der Waals surface area (Å²) < 4.78 is 10.7. The van der Waals surface area contributed by atoms with Gasteiger partial charge in [-0.05, 0) is 37.3 Å². The first-order chi connectivity index (χ1) is 11.1. The number of benzene rings is 2. The largest absolute Gasteiger partial charge is 0.495 e. The number of para-hydroxylation sites is 2. The standard InChI is InChI=1S/C17H19ClN2O3/c1-3-23-16-7-5-4-6-13(16)19-11-17(21)20-14-10-12(18)8-9-15(14)22-2/h4-10,19H,3,11H2,1-2H3,(H,20,21). The van der Waals surface area contributed by atoms with Crippen LogP contribution in [0.1, 0.15) is 6.92 Å². The molecule has 23 heavy (non-hydrogen) atoms. The molecular weight excluding hydrogens is 316 g/mol. The fourth-order valence-corrected chi connectivity index (χ4v) is 2.21. The van der Waals surface area contributed by atoms with Crippen LogP contribution in [0, 0.1) is 0 Å². The van der Waals surface area contributed by atoms with E-state index in [2.05, 4.69) is 10.6 Å². The van der Waals surface area contributed by atoms with Crippen LogP contribution in [0.5, 0.6) is 11.5 Å². The Kier molecular flexibility index (Phi) is 6.11. The van der Waals surface area contributed by atoms with E-state index in [1.165, 1.54) is 7.11 Å². The van der Waals surface area contributed by atoms with Crippen LogP contribution < -0.4 is 20.1 Å². The van der Waals surface area contributed by atoms with Crippen molar-refractivity contribution in [2.24, 2.45) is 0 Å². The fourth-order valence-electron chi connectivity index (χ4n) is 2.04. The topological polar surface area (TPSA) is 59.6 Å². The first-order valence-electron chi connectivity index (χ1n) is 7.23. The van der Waals surface area contributed by atoms with Crippen molar-refractivity contribution in [1.29, 1.82) is 0 Å². The maximum atomic E-state index is 12.1. The zero-order chi connectivity index (χ0) is 16.7. The van der Waals surface area contributed by atoms with Crippen molar-refractivity contribution in [2.75, 3.05) is 30.9 Å². The Balaban J connectivity index is 2.00. The molecule has 0 fully saturated rings. The van der Waals surface area contributed by atoms with Crippen molar-refractivity contribution in [3.8, 4) is 11.5 Å². The third-order valence-corrected chi connectivity index (χ3v) is 3.30. The second-order valence-corrected chi connectivity index (χ2v) is 5.11. The molecule has 0 radical (unpaired) electrons. The van der Waals surface area contributed by atoms with Gasteiger partial charge in [0.1, 0.15) is 11.5 Å². The van der Waals surface area contributed by atoms with Crippen molar-refractivity contribution in [2.45, 2.75) is 6.92 Å². The van der Waals surface area contributed by atoms with Crippen molar-refractivity contribution in [1.82, 2.24) is 0 Å². The highest BCUT2D eigenvalue weighted by Crippen LogP contribution is 2.28. The molecule has 0 unspecified atom stereocenters. The van der Waals surface area contributed by atoms with E-state index < -0.39 is 0 Å². The fraction of sp³-hybridized carbons (Fsp3) is 0.235. The van der Waals surface area contributed by atoms with Crippen LogP contribution in [0.4, 0.5) is 11.4 Å². The lowest BCUT2D eigenvalue weighted by Crippen LogP contribution is -2.22. The zero-order valence-electron chi connectivity index (χ0n) is 13.1. The maximum absolute atomic E-state index is 12.1. The van der Waals surface area contributed by atoms with E-state index in [-0.39, 0.29) is 12.5 Å². The van der Waals surface area contributed by atoms with Crippen LogP contribution in [0.15, 0.2) is 42.5 Å². The van der Waals surface area contributed by atoms with Crippen LogP contribution in [0.2, 0.25) is 5.02 Å². The van der Waals surface area contributed by atoms with Crippen molar-refractivity contribution in [3.05, 3.63) is 47.5 Å². The van der Waals surface area contributed by atoms with Crippen LogP contribution in [0.25, 0.3) is 0 Å². The SMILES string of the molecule is CCOc1ccccc1NCC(=O)Nc1cc(Cl)ccc1OC. The first-order valence-corrected chi connectivity index (χ1v) is 7.61. The monoisotopic (exact) mass is 334 g/mol. The van der Waals surface area contributed by atoms with Gasteiger partial charge in [0.2, 0.25) is 5.91 Å². The predicted octanol–water partition coefficient (Wildman–Crippen LogP) is 3.80. The number of rotatable bonds is 7. The summed E-state index contributed by atoms with van der Waals surface area (Å²) in [5.74, 6) is 1.05. The molecule has 1 amide bonds. The van der Waals surface area contributed by atoms with Crippen molar-refractivity contribution < 1.29 is 14.3 Å². The Morgan fingerprint density at radius 2 is 1.91 bits per heavy atom. The quantitative estimate of drug-likeness (QED) is 0.808. The molecule has 0 saturated carbocycles. The number of halogens is 1. The summed E-state index contributed by atoms with van der Waals surface area (Å²) in [6.07, 6.45) is 0. The lowest BCUT2D eigenvalue weighted by molar-refractivity contribution is -0.114. The zero-order valence-corrected chi connectivity index (χ0v) is 13.8. The number of carbonyl (C=O) groups is 1. The predicted molar refractivity (Wildman–Crippen MR) is 92.7 cm³/mol. The number of hydrogen-bond acceptors (Lipinski definition) is 4. The van der Waals surface area contributed by atoms with E-state index in [4.69, 9.17) is 21.1 Å². The number of hydrogen-bond donors (Lipinski definition) is 2. The number of nitrogens with one attached hydrogen (secondary N) is 2. The van der Waals surface area contributed by atoms with E-state index in [0.717, 1.165) is 5.69 Å². The van der Waals surface area contributed by atoms with Gasteiger partial charge in [0, 0.05) is 5.02 Å². The second kappa shape index (κ2) is 8.29. The van der Waals surface area contributed by atoms with Crippen molar-refractivity contribution >= 4 is 28.9 Å². The molecular formula is C17H19ClN2O3. The molecule has 6 heteroatoms. The molecule has 0 aliphatic heterocycles. The van der Waals surface area contributed by atoms with Crippen LogP contribution >= 0.6 is 11.6 Å². The highest BCUT2D eigenvalue weighted by Gasteiger charge is 2.09.